The molecule has 0 heterocycles. The molecule has 0 aliphatic heterocycles. The van der Waals surface area contributed by atoms with Crippen molar-refractivity contribution in [1.29, 1.82) is 0 Å². The van der Waals surface area contributed by atoms with Gasteiger partial charge in [0.25, 0.3) is 0 Å². The van der Waals surface area contributed by atoms with Crippen LogP contribution in [0.3, 0.4) is 0 Å². The summed E-state index contributed by atoms with van der Waals surface area (Å²) in [5.74, 6) is -0.260. The third-order valence-corrected chi connectivity index (χ3v) is 3.64. The lowest BCUT2D eigenvalue weighted by Gasteiger charge is -2.14. The fraction of sp³-hybridized carbons (Fsp3) is 0.250. The van der Waals surface area contributed by atoms with Crippen LogP contribution < -0.4 is 5.73 Å². The van der Waals surface area contributed by atoms with Gasteiger partial charge in [0.2, 0.25) is 0 Å². The van der Waals surface area contributed by atoms with Crippen molar-refractivity contribution >= 4 is 11.6 Å². The van der Waals surface area contributed by atoms with Gasteiger partial charge in [0.1, 0.15) is 5.82 Å². The van der Waals surface area contributed by atoms with E-state index < -0.39 is 0 Å². The molecular weight excluding hydrogens is 261 g/mol. The molecule has 0 bridgehead atoms. The van der Waals surface area contributed by atoms with Crippen molar-refractivity contribution in [3.05, 3.63) is 69.5 Å². The van der Waals surface area contributed by atoms with Gasteiger partial charge in [-0.3, -0.25) is 0 Å². The predicted octanol–water partition coefficient (Wildman–Crippen LogP) is 4.34. The first-order chi connectivity index (χ1) is 8.97. The molecule has 1 atom stereocenters. The molecule has 0 saturated carbocycles. The maximum absolute atomic E-state index is 13.7. The van der Waals surface area contributed by atoms with E-state index in [9.17, 15) is 4.39 Å². The zero-order chi connectivity index (χ0) is 14.0. The molecule has 0 aromatic heterocycles. The normalized spacial score (nSPS) is 12.5. The quantitative estimate of drug-likeness (QED) is 0.887. The summed E-state index contributed by atoms with van der Waals surface area (Å²) in [6.45, 7) is 4.10. The third-order valence-electron chi connectivity index (χ3n) is 3.41. The minimum absolute atomic E-state index is 0.229. The fourth-order valence-corrected chi connectivity index (χ4v) is 2.24. The average molecular weight is 278 g/mol. The number of halogens is 2. The van der Waals surface area contributed by atoms with Crippen LogP contribution in [0.5, 0.6) is 0 Å². The van der Waals surface area contributed by atoms with Crippen LogP contribution in [0.2, 0.25) is 5.02 Å². The first-order valence-corrected chi connectivity index (χ1v) is 6.62. The molecule has 2 rings (SSSR count). The van der Waals surface area contributed by atoms with E-state index in [0.29, 0.717) is 17.0 Å². The predicted molar refractivity (Wildman–Crippen MR) is 78.0 cm³/mol. The minimum Gasteiger partial charge on any atom is -0.324 e. The van der Waals surface area contributed by atoms with Crippen LogP contribution in [0, 0.1) is 19.7 Å². The Balaban J connectivity index is 2.22. The number of hydrogen-bond acceptors (Lipinski definition) is 1. The van der Waals surface area contributed by atoms with E-state index >= 15 is 0 Å². The van der Waals surface area contributed by atoms with Crippen LogP contribution in [0.4, 0.5) is 4.39 Å². The van der Waals surface area contributed by atoms with Crippen LogP contribution in [-0.2, 0) is 6.42 Å². The second-order valence-electron chi connectivity index (χ2n) is 4.89. The molecule has 100 valence electrons. The number of aryl methyl sites for hydroxylation is 2. The van der Waals surface area contributed by atoms with Crippen molar-refractivity contribution in [2.45, 2.75) is 26.3 Å². The van der Waals surface area contributed by atoms with E-state index in [4.69, 9.17) is 17.3 Å². The Morgan fingerprint density at radius 1 is 1.11 bits per heavy atom. The zero-order valence-electron chi connectivity index (χ0n) is 11.1. The Morgan fingerprint density at radius 3 is 2.53 bits per heavy atom. The summed E-state index contributed by atoms with van der Waals surface area (Å²) in [4.78, 5) is 0. The Labute approximate surface area is 118 Å². The van der Waals surface area contributed by atoms with E-state index in [1.807, 2.05) is 19.1 Å². The highest BCUT2D eigenvalue weighted by atomic mass is 35.5. The monoisotopic (exact) mass is 277 g/mol. The number of rotatable bonds is 3. The Kier molecular flexibility index (Phi) is 4.23. The molecule has 3 heteroatoms. The summed E-state index contributed by atoms with van der Waals surface area (Å²) < 4.78 is 13.7. The lowest BCUT2D eigenvalue weighted by atomic mass is 9.96. The topological polar surface area (TPSA) is 26.0 Å². The lowest BCUT2D eigenvalue weighted by molar-refractivity contribution is 0.593. The average Bonchev–Trinajstić information content (AvgIpc) is 2.37. The minimum atomic E-state index is -0.260. The Bertz CT molecular complexity index is 595. The van der Waals surface area contributed by atoms with E-state index in [-0.39, 0.29) is 11.9 Å². The first kappa shape index (κ1) is 14.0. The number of benzene rings is 2. The number of hydrogen-bond donors (Lipinski definition) is 1. The highest BCUT2D eigenvalue weighted by Crippen LogP contribution is 2.22. The molecule has 2 aromatic rings. The van der Waals surface area contributed by atoms with Gasteiger partial charge in [0.15, 0.2) is 0 Å². The molecule has 1 unspecified atom stereocenters. The molecule has 19 heavy (non-hydrogen) atoms. The summed E-state index contributed by atoms with van der Waals surface area (Å²) in [5, 5.41) is 0.531. The molecule has 2 N–H and O–H groups in total. The van der Waals surface area contributed by atoms with Gasteiger partial charge in [-0.15, -0.1) is 0 Å². The summed E-state index contributed by atoms with van der Waals surface area (Å²) in [7, 11) is 0. The van der Waals surface area contributed by atoms with Crippen molar-refractivity contribution in [3.63, 3.8) is 0 Å². The summed E-state index contributed by atoms with van der Waals surface area (Å²) in [6.07, 6.45) is 0.439. The SMILES string of the molecule is Cc1ccc(C(N)Cc2cc(Cl)ccc2F)cc1C. The lowest BCUT2D eigenvalue weighted by Crippen LogP contribution is -2.14. The van der Waals surface area contributed by atoms with Gasteiger partial charge in [-0.1, -0.05) is 29.8 Å². The second kappa shape index (κ2) is 5.72. The van der Waals surface area contributed by atoms with Crippen molar-refractivity contribution in [2.24, 2.45) is 5.73 Å². The van der Waals surface area contributed by atoms with Gasteiger partial charge in [0, 0.05) is 11.1 Å². The van der Waals surface area contributed by atoms with Gasteiger partial charge in [-0.25, -0.2) is 4.39 Å². The molecule has 0 saturated heterocycles. The van der Waals surface area contributed by atoms with Gasteiger partial charge in [-0.2, -0.15) is 0 Å². The number of nitrogens with two attached hydrogens (primary N) is 1. The molecule has 2 aromatic carbocycles. The maximum Gasteiger partial charge on any atom is 0.126 e. The summed E-state index contributed by atoms with van der Waals surface area (Å²) in [5.41, 5.74) is 10.1. The van der Waals surface area contributed by atoms with Gasteiger partial charge in [-0.05, 0) is 60.7 Å². The first-order valence-electron chi connectivity index (χ1n) is 6.24. The van der Waals surface area contributed by atoms with E-state index in [0.717, 1.165) is 5.56 Å². The second-order valence-corrected chi connectivity index (χ2v) is 5.33. The Morgan fingerprint density at radius 2 is 1.84 bits per heavy atom. The van der Waals surface area contributed by atoms with Gasteiger partial charge in [0.05, 0.1) is 0 Å². The van der Waals surface area contributed by atoms with Crippen LogP contribution >= 0.6 is 11.6 Å². The molecule has 0 aliphatic rings. The molecular formula is C16H17ClFN. The van der Waals surface area contributed by atoms with E-state index in [2.05, 4.69) is 13.0 Å². The van der Waals surface area contributed by atoms with Crippen molar-refractivity contribution in [1.82, 2.24) is 0 Å². The van der Waals surface area contributed by atoms with Crippen LogP contribution in [0.25, 0.3) is 0 Å². The van der Waals surface area contributed by atoms with E-state index in [1.54, 1.807) is 12.1 Å². The molecule has 0 aliphatic carbocycles. The van der Waals surface area contributed by atoms with Gasteiger partial charge >= 0.3 is 0 Å². The molecule has 1 nitrogen and oxygen atoms in total. The van der Waals surface area contributed by atoms with Crippen molar-refractivity contribution in [2.75, 3.05) is 0 Å². The van der Waals surface area contributed by atoms with Crippen molar-refractivity contribution < 1.29 is 4.39 Å². The highest BCUT2D eigenvalue weighted by molar-refractivity contribution is 6.30. The molecule has 0 amide bonds. The van der Waals surface area contributed by atoms with Gasteiger partial charge < -0.3 is 5.73 Å². The molecule has 0 spiro atoms. The third kappa shape index (κ3) is 3.34. The summed E-state index contributed by atoms with van der Waals surface area (Å²) >= 11 is 5.88. The van der Waals surface area contributed by atoms with Crippen molar-refractivity contribution in [3.8, 4) is 0 Å². The standard InChI is InChI=1S/C16H17ClFN/c1-10-3-4-12(7-11(10)2)16(19)9-13-8-14(17)5-6-15(13)18/h3-8,16H,9,19H2,1-2H3. The van der Waals surface area contributed by atoms with Crippen LogP contribution in [0.1, 0.15) is 28.3 Å². The smallest absolute Gasteiger partial charge is 0.126 e. The highest BCUT2D eigenvalue weighted by Gasteiger charge is 2.11. The largest absolute Gasteiger partial charge is 0.324 e. The van der Waals surface area contributed by atoms with Crippen LogP contribution in [-0.4, -0.2) is 0 Å². The Hall–Kier alpha value is -1.38. The zero-order valence-corrected chi connectivity index (χ0v) is 11.8. The summed E-state index contributed by atoms with van der Waals surface area (Å²) in [6, 6.07) is 10.4. The van der Waals surface area contributed by atoms with Crippen LogP contribution in [0.15, 0.2) is 36.4 Å². The molecule has 0 radical (unpaired) electrons. The maximum atomic E-state index is 13.7. The fourth-order valence-electron chi connectivity index (χ4n) is 2.05. The van der Waals surface area contributed by atoms with E-state index in [1.165, 1.54) is 17.2 Å². The molecule has 0 fully saturated rings.